The van der Waals surface area contributed by atoms with E-state index < -0.39 is 0 Å². The van der Waals surface area contributed by atoms with E-state index in [1.165, 1.54) is 5.56 Å². The van der Waals surface area contributed by atoms with E-state index in [0.717, 1.165) is 25.8 Å². The number of carbonyl (C=O) groups excluding carboxylic acids is 1. The van der Waals surface area contributed by atoms with E-state index >= 15 is 0 Å². The van der Waals surface area contributed by atoms with Gasteiger partial charge in [-0.05, 0) is 54.1 Å². The van der Waals surface area contributed by atoms with Crippen molar-refractivity contribution in [2.24, 2.45) is 11.7 Å². The lowest BCUT2D eigenvalue weighted by atomic mass is 9.98. The van der Waals surface area contributed by atoms with E-state index in [0.29, 0.717) is 24.5 Å². The first-order valence-electron chi connectivity index (χ1n) is 5.95. The minimum absolute atomic E-state index is 0.384. The molecule has 0 radical (unpaired) electrons. The number of Topliss-reactive ketones (excluding diaryl/α,β-unsaturated/α-hetero) is 1. The molecule has 0 amide bonds. The van der Waals surface area contributed by atoms with Gasteiger partial charge in [-0.25, -0.2) is 0 Å². The Labute approximate surface area is 102 Å². The summed E-state index contributed by atoms with van der Waals surface area (Å²) in [7, 11) is 0. The SMILES string of the molecule is CC(CCN)CCC(=O)CCc1ccsc1. The van der Waals surface area contributed by atoms with Crippen LogP contribution in [0.5, 0.6) is 0 Å². The number of thiophene rings is 1. The molecule has 0 aliphatic heterocycles. The zero-order valence-electron chi connectivity index (χ0n) is 9.95. The molecule has 1 rings (SSSR count). The van der Waals surface area contributed by atoms with Crippen molar-refractivity contribution in [1.82, 2.24) is 0 Å². The number of rotatable bonds is 8. The van der Waals surface area contributed by atoms with Crippen molar-refractivity contribution in [3.63, 3.8) is 0 Å². The summed E-state index contributed by atoms with van der Waals surface area (Å²) in [5.41, 5.74) is 6.76. The molecule has 0 spiro atoms. The predicted octanol–water partition coefficient (Wildman–Crippen LogP) is 3.01. The minimum atomic E-state index is 0.384. The highest BCUT2D eigenvalue weighted by Gasteiger charge is 2.06. The molecule has 3 heteroatoms. The number of nitrogens with two attached hydrogens (primary N) is 1. The molecular formula is C13H21NOS. The highest BCUT2D eigenvalue weighted by atomic mass is 32.1. The Morgan fingerprint density at radius 3 is 2.88 bits per heavy atom. The van der Waals surface area contributed by atoms with Crippen LogP contribution in [0.4, 0.5) is 0 Å². The first kappa shape index (κ1) is 13.4. The van der Waals surface area contributed by atoms with Gasteiger partial charge in [0.15, 0.2) is 0 Å². The summed E-state index contributed by atoms with van der Waals surface area (Å²) in [6, 6.07) is 2.09. The normalized spacial score (nSPS) is 12.6. The van der Waals surface area contributed by atoms with Crippen LogP contribution in [0.1, 0.15) is 38.2 Å². The second-order valence-electron chi connectivity index (χ2n) is 4.39. The van der Waals surface area contributed by atoms with Gasteiger partial charge in [0.1, 0.15) is 5.78 Å². The molecule has 1 heterocycles. The molecule has 0 saturated carbocycles. The van der Waals surface area contributed by atoms with Gasteiger partial charge in [0.25, 0.3) is 0 Å². The van der Waals surface area contributed by atoms with Crippen molar-refractivity contribution in [3.05, 3.63) is 22.4 Å². The van der Waals surface area contributed by atoms with Crippen LogP contribution >= 0.6 is 11.3 Å². The summed E-state index contributed by atoms with van der Waals surface area (Å²) in [5, 5.41) is 4.17. The van der Waals surface area contributed by atoms with Crippen molar-refractivity contribution >= 4 is 17.1 Å². The summed E-state index contributed by atoms with van der Waals surface area (Å²) in [4.78, 5) is 11.6. The smallest absolute Gasteiger partial charge is 0.133 e. The van der Waals surface area contributed by atoms with Gasteiger partial charge in [0.2, 0.25) is 0 Å². The van der Waals surface area contributed by atoms with Crippen LogP contribution in [-0.2, 0) is 11.2 Å². The molecule has 0 aromatic carbocycles. The Morgan fingerprint density at radius 1 is 1.44 bits per heavy atom. The highest BCUT2D eigenvalue weighted by molar-refractivity contribution is 7.07. The molecule has 2 N–H and O–H groups in total. The standard InChI is InChI=1S/C13H21NOS/c1-11(6-8-14)2-4-13(15)5-3-12-7-9-16-10-12/h7,9-11H,2-6,8,14H2,1H3. The average Bonchev–Trinajstić information content (AvgIpc) is 2.77. The second kappa shape index (κ2) is 7.58. The lowest BCUT2D eigenvalue weighted by Gasteiger charge is -2.08. The van der Waals surface area contributed by atoms with Crippen LogP contribution in [0, 0.1) is 5.92 Å². The van der Waals surface area contributed by atoms with Crippen LogP contribution in [0.3, 0.4) is 0 Å². The third kappa shape index (κ3) is 5.42. The molecule has 90 valence electrons. The third-order valence-electron chi connectivity index (χ3n) is 2.85. The van der Waals surface area contributed by atoms with Crippen LogP contribution in [0.25, 0.3) is 0 Å². The highest BCUT2D eigenvalue weighted by Crippen LogP contribution is 2.13. The molecule has 1 aromatic heterocycles. The van der Waals surface area contributed by atoms with Crippen LogP contribution in [-0.4, -0.2) is 12.3 Å². The van der Waals surface area contributed by atoms with Crippen molar-refractivity contribution < 1.29 is 4.79 Å². The van der Waals surface area contributed by atoms with Gasteiger partial charge in [-0.15, -0.1) is 0 Å². The molecule has 0 saturated heterocycles. The Kier molecular flexibility index (Phi) is 6.34. The predicted molar refractivity (Wildman–Crippen MR) is 69.7 cm³/mol. The van der Waals surface area contributed by atoms with Gasteiger partial charge in [-0.1, -0.05) is 6.92 Å². The lowest BCUT2D eigenvalue weighted by molar-refractivity contribution is -0.119. The second-order valence-corrected chi connectivity index (χ2v) is 5.17. The Hall–Kier alpha value is -0.670. The first-order chi connectivity index (χ1) is 7.72. The largest absolute Gasteiger partial charge is 0.330 e. The van der Waals surface area contributed by atoms with E-state index in [2.05, 4.69) is 23.8 Å². The Morgan fingerprint density at radius 2 is 2.25 bits per heavy atom. The molecule has 0 fully saturated rings. The maximum Gasteiger partial charge on any atom is 0.133 e. The first-order valence-corrected chi connectivity index (χ1v) is 6.89. The van der Waals surface area contributed by atoms with E-state index in [-0.39, 0.29) is 0 Å². The van der Waals surface area contributed by atoms with E-state index in [1.807, 2.05) is 0 Å². The van der Waals surface area contributed by atoms with Crippen molar-refractivity contribution in [1.29, 1.82) is 0 Å². The Balaban J connectivity index is 2.11. The van der Waals surface area contributed by atoms with Crippen molar-refractivity contribution in [2.75, 3.05) is 6.54 Å². The van der Waals surface area contributed by atoms with Gasteiger partial charge >= 0.3 is 0 Å². The molecule has 16 heavy (non-hydrogen) atoms. The van der Waals surface area contributed by atoms with Gasteiger partial charge in [-0.2, -0.15) is 11.3 Å². The average molecular weight is 239 g/mol. The monoisotopic (exact) mass is 239 g/mol. The number of ketones is 1. The maximum absolute atomic E-state index is 11.6. The zero-order chi connectivity index (χ0) is 11.8. The minimum Gasteiger partial charge on any atom is -0.330 e. The van der Waals surface area contributed by atoms with E-state index in [1.54, 1.807) is 11.3 Å². The molecule has 1 aromatic rings. The Bertz CT molecular complexity index is 295. The van der Waals surface area contributed by atoms with Gasteiger partial charge in [-0.3, -0.25) is 4.79 Å². The molecule has 0 bridgehead atoms. The zero-order valence-corrected chi connectivity index (χ0v) is 10.8. The molecule has 0 aliphatic rings. The van der Waals surface area contributed by atoms with Crippen LogP contribution in [0.2, 0.25) is 0 Å². The molecule has 2 nitrogen and oxygen atoms in total. The topological polar surface area (TPSA) is 43.1 Å². The quantitative estimate of drug-likeness (QED) is 0.757. The third-order valence-corrected chi connectivity index (χ3v) is 3.58. The molecular weight excluding hydrogens is 218 g/mol. The fourth-order valence-electron chi connectivity index (χ4n) is 1.68. The van der Waals surface area contributed by atoms with Crippen LogP contribution < -0.4 is 5.73 Å². The van der Waals surface area contributed by atoms with Crippen molar-refractivity contribution in [2.45, 2.75) is 39.0 Å². The molecule has 1 unspecified atom stereocenters. The fraction of sp³-hybridized carbons (Fsp3) is 0.615. The van der Waals surface area contributed by atoms with Crippen LogP contribution in [0.15, 0.2) is 16.8 Å². The summed E-state index contributed by atoms with van der Waals surface area (Å²) in [6.45, 7) is 2.89. The number of hydrogen-bond donors (Lipinski definition) is 1. The van der Waals surface area contributed by atoms with Gasteiger partial charge in [0, 0.05) is 12.8 Å². The van der Waals surface area contributed by atoms with Crippen molar-refractivity contribution in [3.8, 4) is 0 Å². The lowest BCUT2D eigenvalue weighted by Crippen LogP contribution is -2.08. The van der Waals surface area contributed by atoms with Gasteiger partial charge < -0.3 is 5.73 Å². The fourth-order valence-corrected chi connectivity index (χ4v) is 2.38. The van der Waals surface area contributed by atoms with E-state index in [4.69, 9.17) is 5.73 Å². The van der Waals surface area contributed by atoms with Gasteiger partial charge in [0.05, 0.1) is 0 Å². The maximum atomic E-state index is 11.6. The molecule has 0 aliphatic carbocycles. The summed E-state index contributed by atoms with van der Waals surface area (Å²) in [5.74, 6) is 0.963. The number of hydrogen-bond acceptors (Lipinski definition) is 3. The van der Waals surface area contributed by atoms with E-state index in [9.17, 15) is 4.79 Å². The summed E-state index contributed by atoms with van der Waals surface area (Å²) in [6.07, 6.45) is 4.31. The number of aryl methyl sites for hydroxylation is 1. The summed E-state index contributed by atoms with van der Waals surface area (Å²) >= 11 is 1.69. The number of carbonyl (C=O) groups is 1. The molecule has 1 atom stereocenters. The summed E-state index contributed by atoms with van der Waals surface area (Å²) < 4.78 is 0.